The van der Waals surface area contributed by atoms with Crippen molar-refractivity contribution in [2.75, 3.05) is 4.90 Å². The summed E-state index contributed by atoms with van der Waals surface area (Å²) < 4.78 is 16.0. The van der Waals surface area contributed by atoms with E-state index in [1.807, 2.05) is 30.3 Å². The van der Waals surface area contributed by atoms with E-state index in [0.29, 0.717) is 23.3 Å². The lowest BCUT2D eigenvalue weighted by molar-refractivity contribution is 0.0925. The minimum atomic E-state index is -0.636. The van der Waals surface area contributed by atoms with Crippen LogP contribution in [0.1, 0.15) is 32.0 Å². The summed E-state index contributed by atoms with van der Waals surface area (Å²) in [6.45, 7) is 2.26. The van der Waals surface area contributed by atoms with Crippen molar-refractivity contribution in [3.8, 4) is 0 Å². The van der Waals surface area contributed by atoms with E-state index in [1.165, 1.54) is 24.4 Å². The standard InChI is InChI=1S/C22H15FN4O2/c1-13-18-19-15(21(28)27(22(19)29)17-10-6-5-9-16(17)23)11-24-20(18)26(25-13)12-14-7-3-2-4-8-14/h2-11H,12H2,1H3. The fourth-order valence-electron chi connectivity index (χ4n) is 3.75. The number of carbonyl (C=O) groups is 2. The third-order valence-corrected chi connectivity index (χ3v) is 5.05. The van der Waals surface area contributed by atoms with Crippen LogP contribution in [0.2, 0.25) is 0 Å². The van der Waals surface area contributed by atoms with Crippen LogP contribution in [-0.4, -0.2) is 26.6 Å². The van der Waals surface area contributed by atoms with Gasteiger partial charge in [-0.05, 0) is 24.6 Å². The predicted octanol–water partition coefficient (Wildman–Crippen LogP) is 3.73. The van der Waals surface area contributed by atoms with Crippen molar-refractivity contribution in [3.05, 3.63) is 89.0 Å². The third-order valence-electron chi connectivity index (χ3n) is 5.05. The van der Waals surface area contributed by atoms with Crippen LogP contribution in [-0.2, 0) is 6.54 Å². The largest absolute Gasteiger partial charge is 0.268 e. The summed E-state index contributed by atoms with van der Waals surface area (Å²) in [6.07, 6.45) is 1.38. The zero-order valence-electron chi connectivity index (χ0n) is 15.5. The number of aromatic nitrogens is 3. The number of fused-ring (bicyclic) bond motifs is 3. The van der Waals surface area contributed by atoms with Crippen molar-refractivity contribution >= 4 is 28.5 Å². The number of para-hydroxylation sites is 1. The number of aryl methyl sites for hydroxylation is 1. The monoisotopic (exact) mass is 386 g/mol. The maximum absolute atomic E-state index is 14.3. The van der Waals surface area contributed by atoms with Gasteiger partial charge in [-0.2, -0.15) is 5.10 Å². The molecule has 2 amide bonds. The second-order valence-corrected chi connectivity index (χ2v) is 6.87. The van der Waals surface area contributed by atoms with Crippen LogP contribution >= 0.6 is 0 Å². The van der Waals surface area contributed by atoms with Crippen molar-refractivity contribution in [3.63, 3.8) is 0 Å². The van der Waals surface area contributed by atoms with Gasteiger partial charge in [0.15, 0.2) is 5.65 Å². The number of rotatable bonds is 3. The summed E-state index contributed by atoms with van der Waals surface area (Å²) in [6, 6.07) is 15.5. The van der Waals surface area contributed by atoms with Crippen LogP contribution in [0, 0.1) is 12.7 Å². The molecule has 142 valence electrons. The third kappa shape index (κ3) is 2.55. The Bertz CT molecular complexity index is 1300. The van der Waals surface area contributed by atoms with Crippen LogP contribution in [0.15, 0.2) is 60.8 Å². The molecule has 5 rings (SSSR count). The molecule has 0 fully saturated rings. The highest BCUT2D eigenvalue weighted by Gasteiger charge is 2.40. The Morgan fingerprint density at radius 1 is 0.966 bits per heavy atom. The number of halogens is 1. The van der Waals surface area contributed by atoms with E-state index in [9.17, 15) is 14.0 Å². The summed E-state index contributed by atoms with van der Waals surface area (Å²) in [5.74, 6) is -1.78. The minimum absolute atomic E-state index is 0.0684. The minimum Gasteiger partial charge on any atom is -0.268 e. The molecule has 0 aliphatic carbocycles. The molecule has 0 unspecified atom stereocenters. The van der Waals surface area contributed by atoms with E-state index in [0.717, 1.165) is 10.5 Å². The van der Waals surface area contributed by atoms with Crippen LogP contribution in [0.25, 0.3) is 11.0 Å². The molecule has 0 saturated heterocycles. The smallest absolute Gasteiger partial charge is 0.267 e. The number of anilines is 1. The van der Waals surface area contributed by atoms with Gasteiger partial charge in [0.1, 0.15) is 5.82 Å². The number of amides is 2. The first kappa shape index (κ1) is 17.2. The van der Waals surface area contributed by atoms with E-state index in [4.69, 9.17) is 0 Å². The topological polar surface area (TPSA) is 68.1 Å². The summed E-state index contributed by atoms with van der Waals surface area (Å²) in [4.78, 5) is 31.3. The molecule has 1 aliphatic rings. The number of hydrogen-bond acceptors (Lipinski definition) is 4. The quantitative estimate of drug-likeness (QED) is 0.503. The molecule has 0 atom stereocenters. The van der Waals surface area contributed by atoms with Crippen molar-refractivity contribution < 1.29 is 14.0 Å². The molecule has 3 heterocycles. The number of benzene rings is 2. The van der Waals surface area contributed by atoms with Gasteiger partial charge in [0.25, 0.3) is 11.8 Å². The SMILES string of the molecule is Cc1nn(Cc2ccccc2)c2ncc3c(c12)C(=O)N(c1ccccc1F)C3=O. The number of carbonyl (C=O) groups excluding carboxylic acids is 2. The van der Waals surface area contributed by atoms with Crippen LogP contribution in [0.5, 0.6) is 0 Å². The molecule has 4 aromatic rings. The molecule has 0 bridgehead atoms. The molecular formula is C22H15FN4O2. The Morgan fingerprint density at radius 3 is 2.45 bits per heavy atom. The number of imide groups is 1. The molecular weight excluding hydrogens is 371 g/mol. The summed E-state index contributed by atoms with van der Waals surface area (Å²) >= 11 is 0. The average molecular weight is 386 g/mol. The Labute approximate surface area is 165 Å². The predicted molar refractivity (Wildman–Crippen MR) is 105 cm³/mol. The highest BCUT2D eigenvalue weighted by atomic mass is 19.1. The first-order valence-electron chi connectivity index (χ1n) is 9.09. The molecule has 2 aromatic carbocycles. The fourth-order valence-corrected chi connectivity index (χ4v) is 3.75. The van der Waals surface area contributed by atoms with Crippen LogP contribution < -0.4 is 4.90 Å². The van der Waals surface area contributed by atoms with Gasteiger partial charge in [0, 0.05) is 6.20 Å². The second kappa shape index (κ2) is 6.34. The van der Waals surface area contributed by atoms with Gasteiger partial charge < -0.3 is 0 Å². The Hall–Kier alpha value is -3.87. The van der Waals surface area contributed by atoms with Crippen molar-refractivity contribution in [2.24, 2.45) is 0 Å². The maximum Gasteiger partial charge on any atom is 0.267 e. The Balaban J connectivity index is 1.66. The number of hydrogen-bond donors (Lipinski definition) is 0. The number of pyridine rings is 1. The highest BCUT2D eigenvalue weighted by molar-refractivity contribution is 6.37. The molecule has 0 N–H and O–H groups in total. The Kier molecular flexibility index (Phi) is 3.77. The van der Waals surface area contributed by atoms with Gasteiger partial charge in [-0.1, -0.05) is 42.5 Å². The molecule has 0 saturated carbocycles. The summed E-state index contributed by atoms with van der Waals surface area (Å²) in [5.41, 5.74) is 2.46. The summed E-state index contributed by atoms with van der Waals surface area (Å²) in [5, 5.41) is 5.06. The normalized spacial score (nSPS) is 13.4. The van der Waals surface area contributed by atoms with Crippen molar-refractivity contribution in [1.82, 2.24) is 14.8 Å². The second-order valence-electron chi connectivity index (χ2n) is 6.87. The maximum atomic E-state index is 14.3. The van der Waals surface area contributed by atoms with Gasteiger partial charge in [0.05, 0.1) is 34.4 Å². The van der Waals surface area contributed by atoms with Crippen molar-refractivity contribution in [1.29, 1.82) is 0 Å². The first-order chi connectivity index (χ1) is 14.1. The molecule has 6 nitrogen and oxygen atoms in total. The van der Waals surface area contributed by atoms with Gasteiger partial charge in [-0.25, -0.2) is 19.0 Å². The zero-order valence-corrected chi connectivity index (χ0v) is 15.5. The first-order valence-corrected chi connectivity index (χ1v) is 9.09. The highest BCUT2D eigenvalue weighted by Crippen LogP contribution is 2.34. The molecule has 0 spiro atoms. The molecule has 29 heavy (non-hydrogen) atoms. The molecule has 2 aromatic heterocycles. The average Bonchev–Trinajstić information content (AvgIpc) is 3.17. The molecule has 0 radical (unpaired) electrons. The van der Waals surface area contributed by atoms with Crippen LogP contribution in [0.3, 0.4) is 0 Å². The lowest BCUT2D eigenvalue weighted by Crippen LogP contribution is -2.30. The van der Waals surface area contributed by atoms with Gasteiger partial charge in [-0.3, -0.25) is 9.59 Å². The molecule has 7 heteroatoms. The summed E-state index contributed by atoms with van der Waals surface area (Å²) in [7, 11) is 0. The number of nitrogens with zero attached hydrogens (tertiary/aromatic N) is 4. The van der Waals surface area contributed by atoms with E-state index in [2.05, 4.69) is 10.1 Å². The van der Waals surface area contributed by atoms with Gasteiger partial charge >= 0.3 is 0 Å². The van der Waals surface area contributed by atoms with Crippen LogP contribution in [0.4, 0.5) is 10.1 Å². The zero-order chi connectivity index (χ0) is 20.1. The lowest BCUT2D eigenvalue weighted by Gasteiger charge is -2.14. The van der Waals surface area contributed by atoms with E-state index in [1.54, 1.807) is 17.7 Å². The van der Waals surface area contributed by atoms with E-state index < -0.39 is 17.6 Å². The fraction of sp³-hybridized carbons (Fsp3) is 0.0909. The van der Waals surface area contributed by atoms with E-state index >= 15 is 0 Å². The molecule has 1 aliphatic heterocycles. The Morgan fingerprint density at radius 2 is 1.69 bits per heavy atom. The van der Waals surface area contributed by atoms with Crippen molar-refractivity contribution in [2.45, 2.75) is 13.5 Å². The van der Waals surface area contributed by atoms with Gasteiger partial charge in [-0.15, -0.1) is 0 Å². The van der Waals surface area contributed by atoms with E-state index in [-0.39, 0.29) is 16.8 Å². The van der Waals surface area contributed by atoms with Gasteiger partial charge in [0.2, 0.25) is 0 Å². The lowest BCUT2D eigenvalue weighted by atomic mass is 10.1.